The first-order valence-corrected chi connectivity index (χ1v) is 10.6. The summed E-state index contributed by atoms with van der Waals surface area (Å²) in [5.41, 5.74) is 0.965. The van der Waals surface area contributed by atoms with E-state index in [4.69, 9.17) is 4.74 Å². The number of hydrogen-bond donors (Lipinski definition) is 1. The molecule has 32 heavy (non-hydrogen) atoms. The highest BCUT2D eigenvalue weighted by atomic mass is 16.5. The molecule has 3 aromatic rings. The number of carbonyl (C=O) groups excluding carboxylic acids is 1. The Bertz CT molecular complexity index is 1140. The van der Waals surface area contributed by atoms with E-state index in [9.17, 15) is 20.0 Å². The van der Waals surface area contributed by atoms with Gasteiger partial charge < -0.3 is 9.84 Å². The second kappa shape index (κ2) is 10.6. The first-order valence-electron chi connectivity index (χ1n) is 10.6. The van der Waals surface area contributed by atoms with Crippen LogP contribution in [0.5, 0.6) is 5.88 Å². The van der Waals surface area contributed by atoms with Gasteiger partial charge in [-0.05, 0) is 37.0 Å². The number of ether oxygens (including phenoxy) is 1. The number of Topliss-reactive ketones (excluding diaryl/α,β-unsaturated/α-hetero) is 1. The van der Waals surface area contributed by atoms with Crippen LogP contribution in [0.1, 0.15) is 51.9 Å². The molecule has 6 nitrogen and oxygen atoms in total. The minimum Gasteiger partial charge on any atom is -0.494 e. The maximum Gasteiger partial charge on any atom is 0.271 e. The molecule has 0 saturated heterocycles. The van der Waals surface area contributed by atoms with E-state index in [1.807, 2.05) is 73.7 Å². The average Bonchev–Trinajstić information content (AvgIpc) is 2.80. The molecule has 0 amide bonds. The third kappa shape index (κ3) is 4.63. The number of aromatic nitrogens is 1. The second-order valence-corrected chi connectivity index (χ2v) is 7.44. The van der Waals surface area contributed by atoms with Crippen molar-refractivity contribution in [3.8, 4) is 11.9 Å². The van der Waals surface area contributed by atoms with Gasteiger partial charge in [-0.2, -0.15) is 5.26 Å². The van der Waals surface area contributed by atoms with E-state index in [0.717, 1.165) is 15.7 Å². The summed E-state index contributed by atoms with van der Waals surface area (Å²) in [4.78, 5) is 26.7. The van der Waals surface area contributed by atoms with E-state index in [1.54, 1.807) is 0 Å². The molecule has 0 aliphatic carbocycles. The van der Waals surface area contributed by atoms with Gasteiger partial charge in [0.2, 0.25) is 5.88 Å². The van der Waals surface area contributed by atoms with Crippen molar-refractivity contribution in [2.24, 2.45) is 0 Å². The topological polar surface area (TPSA) is 92.3 Å². The number of benzene rings is 2. The van der Waals surface area contributed by atoms with Crippen LogP contribution in [0.3, 0.4) is 0 Å². The number of nitrogens with zero attached hydrogens (tertiary/aromatic N) is 2. The van der Waals surface area contributed by atoms with Gasteiger partial charge in [-0.3, -0.25) is 14.2 Å². The summed E-state index contributed by atoms with van der Waals surface area (Å²) in [6.07, 6.45) is 0.462. The molecule has 0 saturated carbocycles. The molecule has 1 aromatic heterocycles. The van der Waals surface area contributed by atoms with E-state index in [2.05, 4.69) is 0 Å². The summed E-state index contributed by atoms with van der Waals surface area (Å²) in [6.45, 7) is 4.48. The fourth-order valence-electron chi connectivity index (χ4n) is 3.85. The third-order valence-electron chi connectivity index (χ3n) is 5.45. The van der Waals surface area contributed by atoms with Crippen molar-refractivity contribution in [2.75, 3.05) is 13.2 Å². The van der Waals surface area contributed by atoms with Crippen molar-refractivity contribution in [3.05, 3.63) is 98.8 Å². The molecule has 0 bridgehead atoms. The lowest BCUT2D eigenvalue weighted by atomic mass is 9.83. The Morgan fingerprint density at radius 1 is 1.09 bits per heavy atom. The summed E-state index contributed by atoms with van der Waals surface area (Å²) in [5, 5.41) is 20.7. The van der Waals surface area contributed by atoms with Crippen molar-refractivity contribution in [1.82, 2.24) is 4.57 Å². The van der Waals surface area contributed by atoms with Gasteiger partial charge in [0, 0.05) is 19.8 Å². The van der Waals surface area contributed by atoms with Crippen LogP contribution in [0.2, 0.25) is 0 Å². The Balaban J connectivity index is 2.16. The van der Waals surface area contributed by atoms with Crippen LogP contribution in [0.25, 0.3) is 0 Å². The number of pyridine rings is 1. The molecule has 0 aliphatic heterocycles. The monoisotopic (exact) mass is 430 g/mol. The van der Waals surface area contributed by atoms with Crippen LogP contribution >= 0.6 is 0 Å². The summed E-state index contributed by atoms with van der Waals surface area (Å²) < 4.78 is 6.42. The van der Waals surface area contributed by atoms with Crippen molar-refractivity contribution >= 4 is 5.78 Å². The number of nitriles is 1. The Morgan fingerprint density at radius 2 is 1.66 bits per heavy atom. The van der Waals surface area contributed by atoms with Crippen LogP contribution in [-0.2, 0) is 11.3 Å². The minimum absolute atomic E-state index is 0.00438. The van der Waals surface area contributed by atoms with Crippen LogP contribution < -0.4 is 5.56 Å². The molecule has 2 aromatic carbocycles. The van der Waals surface area contributed by atoms with Gasteiger partial charge in [-0.15, -0.1) is 0 Å². The van der Waals surface area contributed by atoms with Gasteiger partial charge in [-0.1, -0.05) is 60.7 Å². The molecule has 0 spiro atoms. The third-order valence-corrected chi connectivity index (χ3v) is 5.45. The zero-order valence-corrected chi connectivity index (χ0v) is 18.2. The van der Waals surface area contributed by atoms with Crippen molar-refractivity contribution < 1.29 is 14.6 Å². The number of carbonyl (C=O) groups is 1. The molecule has 3 rings (SSSR count). The van der Waals surface area contributed by atoms with E-state index in [1.165, 1.54) is 6.92 Å². The molecule has 1 N–H and O–H groups in total. The first kappa shape index (κ1) is 23.0. The minimum atomic E-state index is -0.692. The predicted molar refractivity (Wildman–Crippen MR) is 122 cm³/mol. The van der Waals surface area contributed by atoms with Gasteiger partial charge in [-0.25, -0.2) is 0 Å². The normalized spacial score (nSPS) is 10.8. The highest BCUT2D eigenvalue weighted by Crippen LogP contribution is 2.33. The molecule has 1 heterocycles. The Morgan fingerprint density at radius 3 is 2.16 bits per heavy atom. The molecular formula is C26H26N2O4. The van der Waals surface area contributed by atoms with Crippen LogP contribution in [0.15, 0.2) is 65.5 Å². The Labute approximate surface area is 187 Å². The molecule has 0 aliphatic rings. The molecule has 6 heteroatoms. The van der Waals surface area contributed by atoms with Crippen molar-refractivity contribution in [1.29, 1.82) is 5.26 Å². The SMILES string of the molecule is CCOCCCn1c(O)c(C(=O)C(c2ccccc2)c2ccccc2)c(C)c(C#N)c1=O. The van der Waals surface area contributed by atoms with E-state index in [-0.39, 0.29) is 29.0 Å². The maximum atomic E-state index is 13.9. The number of hydrogen-bond acceptors (Lipinski definition) is 5. The van der Waals surface area contributed by atoms with Crippen LogP contribution in [-0.4, -0.2) is 28.7 Å². The van der Waals surface area contributed by atoms with E-state index in [0.29, 0.717) is 19.6 Å². The summed E-state index contributed by atoms with van der Waals surface area (Å²) in [6, 6.07) is 20.5. The van der Waals surface area contributed by atoms with Gasteiger partial charge in [0.05, 0.1) is 11.5 Å². The lowest BCUT2D eigenvalue weighted by Crippen LogP contribution is -2.28. The van der Waals surface area contributed by atoms with E-state index >= 15 is 0 Å². The highest BCUT2D eigenvalue weighted by molar-refractivity contribution is 6.06. The zero-order valence-electron chi connectivity index (χ0n) is 18.2. The molecule has 0 radical (unpaired) electrons. The molecule has 0 fully saturated rings. The molecule has 0 unspecified atom stereocenters. The fraction of sp³-hybridized carbons (Fsp3) is 0.269. The van der Waals surface area contributed by atoms with Crippen molar-refractivity contribution in [2.45, 2.75) is 32.7 Å². The van der Waals surface area contributed by atoms with Gasteiger partial charge in [0.1, 0.15) is 11.6 Å². The maximum absolute atomic E-state index is 13.9. The van der Waals surface area contributed by atoms with Gasteiger partial charge >= 0.3 is 0 Å². The quantitative estimate of drug-likeness (QED) is 0.406. The number of ketones is 1. The average molecular weight is 431 g/mol. The largest absolute Gasteiger partial charge is 0.494 e. The standard InChI is InChI=1S/C26H26N2O4/c1-3-32-16-10-15-28-25(30)21(17-27)18(2)22(26(28)31)24(29)23(19-11-6-4-7-12-19)20-13-8-5-9-14-20/h4-9,11-14,23,31H,3,10,15-16H2,1-2H3. The predicted octanol–water partition coefficient (Wildman–Crippen LogP) is 4.18. The van der Waals surface area contributed by atoms with E-state index < -0.39 is 17.4 Å². The lowest BCUT2D eigenvalue weighted by molar-refractivity contribution is 0.0968. The molecule has 164 valence electrons. The number of rotatable bonds is 9. The summed E-state index contributed by atoms with van der Waals surface area (Å²) in [5.74, 6) is -1.47. The second-order valence-electron chi connectivity index (χ2n) is 7.44. The van der Waals surface area contributed by atoms with Gasteiger partial charge in [0.25, 0.3) is 5.56 Å². The number of aromatic hydroxyl groups is 1. The molecular weight excluding hydrogens is 404 g/mol. The van der Waals surface area contributed by atoms with Crippen LogP contribution in [0.4, 0.5) is 0 Å². The first-order chi connectivity index (χ1) is 15.5. The van der Waals surface area contributed by atoms with Gasteiger partial charge in [0.15, 0.2) is 5.78 Å². The summed E-state index contributed by atoms with van der Waals surface area (Å²) in [7, 11) is 0. The molecule has 0 atom stereocenters. The lowest BCUT2D eigenvalue weighted by Gasteiger charge is -2.21. The Hall–Kier alpha value is -3.69. The zero-order chi connectivity index (χ0) is 23.1. The highest BCUT2D eigenvalue weighted by Gasteiger charge is 2.31. The van der Waals surface area contributed by atoms with Crippen molar-refractivity contribution in [3.63, 3.8) is 0 Å². The smallest absolute Gasteiger partial charge is 0.271 e. The Kier molecular flexibility index (Phi) is 7.58. The van der Waals surface area contributed by atoms with Crippen LogP contribution in [0, 0.1) is 18.3 Å². The summed E-state index contributed by atoms with van der Waals surface area (Å²) >= 11 is 0. The fourth-order valence-corrected chi connectivity index (χ4v) is 3.85.